The van der Waals surface area contributed by atoms with Gasteiger partial charge in [-0.05, 0) is 18.9 Å². The Morgan fingerprint density at radius 2 is 2.10 bits per heavy atom. The average molecular weight is 395 g/mol. The van der Waals surface area contributed by atoms with E-state index in [1.54, 1.807) is 31.6 Å². The molecular weight excluding hydrogens is 370 g/mol. The lowest BCUT2D eigenvalue weighted by Crippen LogP contribution is -2.36. The Morgan fingerprint density at radius 1 is 1.28 bits per heavy atom. The van der Waals surface area contributed by atoms with Crippen LogP contribution in [-0.2, 0) is 19.5 Å². The number of aryl methyl sites for hydroxylation is 1. The minimum atomic E-state index is -0.0584. The van der Waals surface area contributed by atoms with E-state index < -0.39 is 0 Å². The SMILES string of the molecule is COc1ccc(C(=O)N2CCc3c(c(-c4ncc(C)o4)nn3CC(C)C)C2)cn1. The molecule has 1 amide bonds. The molecule has 0 atom stereocenters. The third kappa shape index (κ3) is 3.74. The van der Waals surface area contributed by atoms with E-state index in [4.69, 9.17) is 14.3 Å². The van der Waals surface area contributed by atoms with Gasteiger partial charge in [-0.25, -0.2) is 9.97 Å². The van der Waals surface area contributed by atoms with Crippen LogP contribution in [0.5, 0.6) is 5.88 Å². The van der Waals surface area contributed by atoms with Crippen LogP contribution in [0.1, 0.15) is 41.2 Å². The Kier molecular flexibility index (Phi) is 5.08. The number of ether oxygens (including phenoxy) is 1. The molecule has 0 bridgehead atoms. The minimum absolute atomic E-state index is 0.0584. The van der Waals surface area contributed by atoms with E-state index >= 15 is 0 Å². The Hall–Kier alpha value is -3.16. The van der Waals surface area contributed by atoms with Gasteiger partial charge in [0.2, 0.25) is 11.8 Å². The Morgan fingerprint density at radius 3 is 2.72 bits per heavy atom. The molecule has 0 saturated carbocycles. The molecule has 8 heteroatoms. The monoisotopic (exact) mass is 395 g/mol. The van der Waals surface area contributed by atoms with Crippen molar-refractivity contribution in [2.75, 3.05) is 13.7 Å². The number of aromatic nitrogens is 4. The molecule has 0 N–H and O–H groups in total. The first-order valence-electron chi connectivity index (χ1n) is 9.77. The largest absolute Gasteiger partial charge is 0.481 e. The molecule has 0 spiro atoms. The maximum atomic E-state index is 13.0. The van der Waals surface area contributed by atoms with Crippen LogP contribution < -0.4 is 4.74 Å². The molecule has 8 nitrogen and oxygen atoms in total. The lowest BCUT2D eigenvalue weighted by Gasteiger charge is -2.28. The first-order valence-corrected chi connectivity index (χ1v) is 9.77. The first kappa shape index (κ1) is 19.2. The number of hydrogen-bond donors (Lipinski definition) is 0. The van der Waals surface area contributed by atoms with E-state index in [1.165, 1.54) is 0 Å². The van der Waals surface area contributed by atoms with Gasteiger partial charge in [0.25, 0.3) is 5.91 Å². The molecule has 0 saturated heterocycles. The standard InChI is InChI=1S/C21H25N5O3/c1-13(2)11-26-17-7-8-25(21(27)15-5-6-18(28-4)22-10-15)12-16(17)19(24-26)20-23-9-14(3)29-20/h5-6,9-10,13H,7-8,11-12H2,1-4H3. The first-order chi connectivity index (χ1) is 14.0. The summed E-state index contributed by atoms with van der Waals surface area (Å²) in [5.74, 6) is 2.13. The lowest BCUT2D eigenvalue weighted by molar-refractivity contribution is 0.0732. The van der Waals surface area contributed by atoms with Gasteiger partial charge in [0.15, 0.2) is 5.69 Å². The van der Waals surface area contributed by atoms with Gasteiger partial charge in [-0.3, -0.25) is 9.48 Å². The van der Waals surface area contributed by atoms with Gasteiger partial charge in [-0.1, -0.05) is 13.8 Å². The summed E-state index contributed by atoms with van der Waals surface area (Å²) in [5, 5.41) is 4.80. The molecule has 3 aromatic heterocycles. The molecule has 1 aliphatic heterocycles. The van der Waals surface area contributed by atoms with Crippen molar-refractivity contribution in [2.24, 2.45) is 5.92 Å². The summed E-state index contributed by atoms with van der Waals surface area (Å²) in [4.78, 5) is 23.4. The summed E-state index contributed by atoms with van der Waals surface area (Å²) in [6.07, 6.45) is 3.99. The van der Waals surface area contributed by atoms with Crippen LogP contribution in [0.4, 0.5) is 0 Å². The van der Waals surface area contributed by atoms with Gasteiger partial charge in [-0.15, -0.1) is 0 Å². The minimum Gasteiger partial charge on any atom is -0.481 e. The van der Waals surface area contributed by atoms with Crippen LogP contribution >= 0.6 is 0 Å². The van der Waals surface area contributed by atoms with Gasteiger partial charge < -0.3 is 14.1 Å². The summed E-state index contributed by atoms with van der Waals surface area (Å²) >= 11 is 0. The molecule has 29 heavy (non-hydrogen) atoms. The van der Waals surface area contributed by atoms with Gasteiger partial charge in [0.05, 0.1) is 25.4 Å². The number of pyridine rings is 1. The zero-order chi connectivity index (χ0) is 20.5. The summed E-state index contributed by atoms with van der Waals surface area (Å²) in [5.41, 5.74) is 3.42. The number of hydrogen-bond acceptors (Lipinski definition) is 6. The summed E-state index contributed by atoms with van der Waals surface area (Å²) in [6.45, 7) is 8.11. The number of amides is 1. The maximum Gasteiger partial charge on any atom is 0.255 e. The summed E-state index contributed by atoms with van der Waals surface area (Å²) in [6, 6.07) is 3.44. The molecule has 1 aliphatic rings. The molecule has 4 heterocycles. The highest BCUT2D eigenvalue weighted by molar-refractivity contribution is 5.94. The molecule has 0 fully saturated rings. The second-order valence-electron chi connectivity index (χ2n) is 7.69. The van der Waals surface area contributed by atoms with Crippen molar-refractivity contribution in [3.63, 3.8) is 0 Å². The number of nitrogens with zero attached hydrogens (tertiary/aromatic N) is 5. The topological polar surface area (TPSA) is 86.3 Å². The molecule has 152 valence electrons. The smallest absolute Gasteiger partial charge is 0.255 e. The highest BCUT2D eigenvalue weighted by atomic mass is 16.5. The van der Waals surface area contributed by atoms with Crippen molar-refractivity contribution in [2.45, 2.75) is 40.3 Å². The predicted molar refractivity (Wildman–Crippen MR) is 107 cm³/mol. The molecule has 0 aliphatic carbocycles. The van der Waals surface area contributed by atoms with Gasteiger partial charge in [0.1, 0.15) is 5.76 Å². The summed E-state index contributed by atoms with van der Waals surface area (Å²) in [7, 11) is 1.55. The predicted octanol–water partition coefficient (Wildman–Crippen LogP) is 3.10. The number of rotatable bonds is 5. The number of carbonyl (C=O) groups excluding carboxylic acids is 1. The quantitative estimate of drug-likeness (QED) is 0.660. The van der Waals surface area contributed by atoms with Crippen molar-refractivity contribution in [3.8, 4) is 17.5 Å². The zero-order valence-electron chi connectivity index (χ0n) is 17.2. The fourth-order valence-electron chi connectivity index (χ4n) is 3.61. The summed E-state index contributed by atoms with van der Waals surface area (Å²) < 4.78 is 12.9. The second kappa shape index (κ2) is 7.69. The van der Waals surface area contributed by atoms with Gasteiger partial charge in [0, 0.05) is 43.0 Å². The van der Waals surface area contributed by atoms with E-state index in [1.807, 2.05) is 16.5 Å². The Bertz CT molecular complexity index is 1020. The average Bonchev–Trinajstić information content (AvgIpc) is 3.30. The maximum absolute atomic E-state index is 13.0. The van der Waals surface area contributed by atoms with Crippen LogP contribution in [-0.4, -0.2) is 44.2 Å². The molecule has 3 aromatic rings. The molecular formula is C21H25N5O3. The fourth-order valence-corrected chi connectivity index (χ4v) is 3.61. The Labute approximate surface area is 169 Å². The third-order valence-corrected chi connectivity index (χ3v) is 4.98. The van der Waals surface area contributed by atoms with Crippen molar-refractivity contribution < 1.29 is 13.9 Å². The number of carbonyl (C=O) groups is 1. The normalized spacial score (nSPS) is 13.6. The van der Waals surface area contributed by atoms with Crippen LogP contribution in [0.25, 0.3) is 11.6 Å². The van der Waals surface area contributed by atoms with Crippen LogP contribution in [0.3, 0.4) is 0 Å². The van der Waals surface area contributed by atoms with Crippen LogP contribution in [0.2, 0.25) is 0 Å². The molecule has 0 radical (unpaired) electrons. The van der Waals surface area contributed by atoms with Crippen molar-refractivity contribution in [1.82, 2.24) is 24.6 Å². The van der Waals surface area contributed by atoms with E-state index in [0.29, 0.717) is 36.3 Å². The Balaban J connectivity index is 1.66. The highest BCUT2D eigenvalue weighted by Gasteiger charge is 2.30. The second-order valence-corrected chi connectivity index (χ2v) is 7.69. The third-order valence-electron chi connectivity index (χ3n) is 4.98. The van der Waals surface area contributed by atoms with Crippen LogP contribution in [0.15, 0.2) is 28.9 Å². The van der Waals surface area contributed by atoms with E-state index in [-0.39, 0.29) is 5.91 Å². The zero-order valence-corrected chi connectivity index (χ0v) is 17.2. The van der Waals surface area contributed by atoms with Crippen molar-refractivity contribution >= 4 is 5.91 Å². The van der Waals surface area contributed by atoms with Gasteiger partial charge in [-0.2, -0.15) is 5.10 Å². The van der Waals surface area contributed by atoms with Crippen molar-refractivity contribution in [3.05, 3.63) is 47.1 Å². The van der Waals surface area contributed by atoms with E-state index in [2.05, 4.69) is 23.8 Å². The molecule has 0 aromatic carbocycles. The van der Waals surface area contributed by atoms with Crippen molar-refractivity contribution in [1.29, 1.82) is 0 Å². The van der Waals surface area contributed by atoms with Crippen LogP contribution in [0, 0.1) is 12.8 Å². The van der Waals surface area contributed by atoms with Gasteiger partial charge >= 0.3 is 0 Å². The highest BCUT2D eigenvalue weighted by Crippen LogP contribution is 2.31. The number of methoxy groups -OCH3 is 1. The molecule has 0 unspecified atom stereocenters. The molecule has 4 rings (SSSR count). The fraction of sp³-hybridized carbons (Fsp3) is 0.429. The number of fused-ring (bicyclic) bond motifs is 1. The van der Waals surface area contributed by atoms with E-state index in [0.717, 1.165) is 35.7 Å². The van der Waals surface area contributed by atoms with E-state index in [9.17, 15) is 4.79 Å². The number of oxazole rings is 1. The lowest BCUT2D eigenvalue weighted by atomic mass is 10.0.